The quantitative estimate of drug-likeness (QED) is 0.553. The van der Waals surface area contributed by atoms with E-state index in [0.29, 0.717) is 19.8 Å². The second-order valence-electron chi connectivity index (χ2n) is 3.46. The summed E-state index contributed by atoms with van der Waals surface area (Å²) in [4.78, 5) is 21.6. The Hall–Kier alpha value is 0.220. The normalized spacial score (nSPS) is 11.9. The molecular weight excluding hydrogens is 298 g/mol. The summed E-state index contributed by atoms with van der Waals surface area (Å²) in [6.45, 7) is 7.07. The molecule has 0 bridgehead atoms. The van der Waals surface area contributed by atoms with Crippen LogP contribution in [0.15, 0.2) is 0 Å². The van der Waals surface area contributed by atoms with Gasteiger partial charge in [-0.25, -0.2) is 9.13 Å². The number of phosphoric acid groups is 2. The molecule has 0 rings (SSSR count). The average molecular weight is 322 g/mol. The van der Waals surface area contributed by atoms with E-state index in [-0.39, 0.29) is 0 Å². The Labute approximate surface area is 113 Å². The molecule has 0 aromatic heterocycles. The van der Waals surface area contributed by atoms with Crippen molar-refractivity contribution in [3.63, 3.8) is 0 Å². The summed E-state index contributed by atoms with van der Waals surface area (Å²) >= 11 is 0. The highest BCUT2D eigenvalue weighted by Crippen LogP contribution is 2.49. The molecule has 0 fully saturated rings. The van der Waals surface area contributed by atoms with Gasteiger partial charge < -0.3 is 14.7 Å². The Bertz CT molecular complexity index is 253. The van der Waals surface area contributed by atoms with Crippen molar-refractivity contribution in [1.82, 2.24) is 0 Å². The van der Waals surface area contributed by atoms with E-state index in [4.69, 9.17) is 32.8 Å². The first-order chi connectivity index (χ1) is 8.68. The second kappa shape index (κ2) is 12.0. The van der Waals surface area contributed by atoms with Gasteiger partial charge in [-0.15, -0.1) is 0 Å². The van der Waals surface area contributed by atoms with Gasteiger partial charge in [0.1, 0.15) is 0 Å². The van der Waals surface area contributed by atoms with Gasteiger partial charge in [-0.1, -0.05) is 20.8 Å². The van der Waals surface area contributed by atoms with Crippen LogP contribution in [0.1, 0.15) is 40.0 Å². The molecule has 0 atom stereocenters. The van der Waals surface area contributed by atoms with E-state index >= 15 is 0 Å². The maximum atomic E-state index is 11.8. The standard InChI is InChI=1S/C9H21O4P.H3O4P/c1-4-7-11-14(10,12-8-5-2)13-9-6-3;1-5(2,3)4/h4-9H2,1-3H3;(H3,1,2,3,4). The predicted molar refractivity (Wildman–Crippen MR) is 70.6 cm³/mol. The molecule has 0 aliphatic heterocycles. The molecule has 0 aliphatic rings. The fourth-order valence-corrected chi connectivity index (χ4v) is 2.16. The molecule has 0 aromatic rings. The van der Waals surface area contributed by atoms with Crippen molar-refractivity contribution < 1.29 is 37.4 Å². The summed E-state index contributed by atoms with van der Waals surface area (Å²) < 4.78 is 36.0. The highest BCUT2D eigenvalue weighted by molar-refractivity contribution is 7.48. The number of hydrogen-bond donors (Lipinski definition) is 3. The SMILES string of the molecule is CCCOP(=O)(OCCC)OCCC.O=P(O)(O)O. The van der Waals surface area contributed by atoms with Gasteiger partial charge in [0.25, 0.3) is 0 Å². The molecule has 0 aliphatic carbocycles. The Kier molecular flexibility index (Phi) is 13.6. The Balaban J connectivity index is 0. The third-order valence-electron chi connectivity index (χ3n) is 1.36. The summed E-state index contributed by atoms with van der Waals surface area (Å²) in [5.41, 5.74) is 0. The maximum absolute atomic E-state index is 11.8. The zero-order valence-electron chi connectivity index (χ0n) is 11.5. The fraction of sp³-hybridized carbons (Fsp3) is 1.00. The van der Waals surface area contributed by atoms with Crippen LogP contribution < -0.4 is 0 Å². The molecule has 3 N–H and O–H groups in total. The van der Waals surface area contributed by atoms with Gasteiger partial charge >= 0.3 is 15.6 Å². The first-order valence-corrected chi connectivity index (χ1v) is 9.03. The first-order valence-electron chi connectivity index (χ1n) is 6.00. The largest absolute Gasteiger partial charge is 0.474 e. The molecular formula is C9H24O8P2. The van der Waals surface area contributed by atoms with E-state index in [2.05, 4.69) is 0 Å². The predicted octanol–water partition coefficient (Wildman–Crippen LogP) is 2.45. The molecule has 0 radical (unpaired) electrons. The van der Waals surface area contributed by atoms with Crippen LogP contribution in [0.4, 0.5) is 0 Å². The minimum absolute atomic E-state index is 0.407. The number of rotatable bonds is 9. The van der Waals surface area contributed by atoms with Crippen LogP contribution in [0.25, 0.3) is 0 Å². The van der Waals surface area contributed by atoms with E-state index in [1.165, 1.54) is 0 Å². The Morgan fingerprint density at radius 3 is 1.11 bits per heavy atom. The summed E-state index contributed by atoms with van der Waals surface area (Å²) in [5, 5.41) is 0. The van der Waals surface area contributed by atoms with Crippen molar-refractivity contribution in [2.24, 2.45) is 0 Å². The zero-order chi connectivity index (χ0) is 15.4. The molecule has 0 aromatic carbocycles. The van der Waals surface area contributed by atoms with Crippen molar-refractivity contribution in [1.29, 1.82) is 0 Å². The number of phosphoric ester groups is 1. The van der Waals surface area contributed by atoms with Gasteiger partial charge in [0.05, 0.1) is 19.8 Å². The molecule has 19 heavy (non-hydrogen) atoms. The molecule has 8 nitrogen and oxygen atoms in total. The lowest BCUT2D eigenvalue weighted by molar-refractivity contribution is 0.113. The monoisotopic (exact) mass is 322 g/mol. The molecule has 10 heteroatoms. The maximum Gasteiger partial charge on any atom is 0.474 e. The van der Waals surface area contributed by atoms with Crippen LogP contribution in [0.2, 0.25) is 0 Å². The van der Waals surface area contributed by atoms with Gasteiger partial charge in [-0.2, -0.15) is 0 Å². The van der Waals surface area contributed by atoms with Gasteiger partial charge in [0.2, 0.25) is 0 Å². The van der Waals surface area contributed by atoms with Crippen molar-refractivity contribution in [2.45, 2.75) is 40.0 Å². The first kappa shape index (κ1) is 21.5. The molecule has 0 heterocycles. The van der Waals surface area contributed by atoms with Gasteiger partial charge in [0, 0.05) is 0 Å². The third-order valence-corrected chi connectivity index (χ3v) is 2.86. The Morgan fingerprint density at radius 2 is 0.947 bits per heavy atom. The minimum Gasteiger partial charge on any atom is -0.303 e. The van der Waals surface area contributed by atoms with E-state index in [9.17, 15) is 4.57 Å². The van der Waals surface area contributed by atoms with Crippen molar-refractivity contribution in [2.75, 3.05) is 19.8 Å². The van der Waals surface area contributed by atoms with E-state index in [1.807, 2.05) is 20.8 Å². The molecule has 0 amide bonds. The van der Waals surface area contributed by atoms with E-state index in [0.717, 1.165) is 19.3 Å². The summed E-state index contributed by atoms with van der Waals surface area (Å²) in [6.07, 6.45) is 2.40. The highest BCUT2D eigenvalue weighted by atomic mass is 31.2. The lowest BCUT2D eigenvalue weighted by Crippen LogP contribution is -2.02. The molecule has 118 valence electrons. The minimum atomic E-state index is -4.64. The smallest absolute Gasteiger partial charge is 0.303 e. The van der Waals surface area contributed by atoms with Crippen LogP contribution >= 0.6 is 15.6 Å². The van der Waals surface area contributed by atoms with Crippen molar-refractivity contribution in [3.8, 4) is 0 Å². The fourth-order valence-electron chi connectivity index (χ4n) is 0.721. The molecule has 0 saturated carbocycles. The molecule has 0 unspecified atom stereocenters. The lowest BCUT2D eigenvalue weighted by atomic mass is 10.5. The topological polar surface area (TPSA) is 123 Å². The molecule has 0 spiro atoms. The van der Waals surface area contributed by atoms with Crippen LogP contribution in [-0.4, -0.2) is 34.5 Å². The summed E-state index contributed by atoms with van der Waals surface area (Å²) in [5.74, 6) is 0. The summed E-state index contributed by atoms with van der Waals surface area (Å²) in [6, 6.07) is 0. The van der Waals surface area contributed by atoms with Crippen LogP contribution in [-0.2, 0) is 22.7 Å². The van der Waals surface area contributed by atoms with E-state index < -0.39 is 15.6 Å². The lowest BCUT2D eigenvalue weighted by Gasteiger charge is -2.16. The van der Waals surface area contributed by atoms with Gasteiger partial charge in [-0.3, -0.25) is 13.6 Å². The zero-order valence-corrected chi connectivity index (χ0v) is 13.3. The number of hydrogen-bond acceptors (Lipinski definition) is 5. The van der Waals surface area contributed by atoms with Crippen LogP contribution in [0.3, 0.4) is 0 Å². The van der Waals surface area contributed by atoms with Gasteiger partial charge in [0.15, 0.2) is 0 Å². The van der Waals surface area contributed by atoms with Crippen LogP contribution in [0, 0.1) is 0 Å². The van der Waals surface area contributed by atoms with Crippen LogP contribution in [0.5, 0.6) is 0 Å². The Morgan fingerprint density at radius 1 is 0.737 bits per heavy atom. The average Bonchev–Trinajstić information content (AvgIpc) is 2.30. The molecule has 0 saturated heterocycles. The third kappa shape index (κ3) is 20.7. The van der Waals surface area contributed by atoms with E-state index in [1.54, 1.807) is 0 Å². The summed E-state index contributed by atoms with van der Waals surface area (Å²) in [7, 11) is -7.91. The highest BCUT2D eigenvalue weighted by Gasteiger charge is 2.25. The van der Waals surface area contributed by atoms with Crippen molar-refractivity contribution >= 4 is 15.6 Å². The van der Waals surface area contributed by atoms with Crippen molar-refractivity contribution in [3.05, 3.63) is 0 Å². The van der Waals surface area contributed by atoms with Gasteiger partial charge in [-0.05, 0) is 19.3 Å². The second-order valence-corrected chi connectivity index (χ2v) is 6.16.